The number of hydroxylamine groups is 2. The molecule has 0 aromatic heterocycles. The highest BCUT2D eigenvalue weighted by Gasteiger charge is 2.30. The van der Waals surface area contributed by atoms with Gasteiger partial charge in [-0.05, 0) is 76.2 Å². The van der Waals surface area contributed by atoms with Crippen molar-refractivity contribution in [3.63, 3.8) is 0 Å². The van der Waals surface area contributed by atoms with Crippen molar-refractivity contribution in [1.82, 2.24) is 30.4 Å². The van der Waals surface area contributed by atoms with Crippen LogP contribution >= 0.6 is 0 Å². The van der Waals surface area contributed by atoms with E-state index in [-0.39, 0.29) is 108 Å². The molecule has 0 aliphatic heterocycles. The van der Waals surface area contributed by atoms with Gasteiger partial charge in [-0.15, -0.1) is 0 Å². The van der Waals surface area contributed by atoms with Gasteiger partial charge in [-0.1, -0.05) is 0 Å². The van der Waals surface area contributed by atoms with E-state index in [9.17, 15) is 29.1 Å². The fourth-order valence-corrected chi connectivity index (χ4v) is 6.02. The number of hydrogen-bond donors (Lipinski definition) is 5. The summed E-state index contributed by atoms with van der Waals surface area (Å²) in [6, 6.07) is 13.4. The lowest BCUT2D eigenvalue weighted by Crippen LogP contribution is -2.51. The lowest BCUT2D eigenvalue weighted by Gasteiger charge is -2.31. The van der Waals surface area contributed by atoms with Gasteiger partial charge >= 0.3 is 0 Å². The van der Waals surface area contributed by atoms with Crippen LogP contribution < -0.4 is 20.1 Å². The summed E-state index contributed by atoms with van der Waals surface area (Å²) in [7, 11) is 0. The van der Waals surface area contributed by atoms with Crippen LogP contribution in [0.4, 0.5) is 0 Å². The first-order valence-corrected chi connectivity index (χ1v) is 20.0. The molecule has 0 saturated heterocycles. The van der Waals surface area contributed by atoms with Crippen molar-refractivity contribution in [1.29, 1.82) is 0 Å². The second-order valence-electron chi connectivity index (χ2n) is 15.0. The van der Waals surface area contributed by atoms with Crippen molar-refractivity contribution in [2.75, 3.05) is 105 Å². The second-order valence-corrected chi connectivity index (χ2v) is 15.0. The molecule has 17 nitrogen and oxygen atoms in total. The van der Waals surface area contributed by atoms with Gasteiger partial charge in [0.1, 0.15) is 24.7 Å². The third-order valence-electron chi connectivity index (χ3n) is 9.57. The van der Waals surface area contributed by atoms with Gasteiger partial charge < -0.3 is 50.1 Å². The molecule has 0 heterocycles. The zero-order valence-electron chi connectivity index (χ0n) is 35.8. The van der Waals surface area contributed by atoms with E-state index < -0.39 is 11.1 Å². The third-order valence-corrected chi connectivity index (χ3v) is 9.57. The molecule has 0 unspecified atom stereocenters. The Bertz CT molecular complexity index is 1600. The molecule has 0 bridgehead atoms. The maximum absolute atomic E-state index is 13.3. The smallest absolute Gasteiger partial charge is 0.219 e. The van der Waals surface area contributed by atoms with E-state index in [0.717, 1.165) is 0 Å². The molecule has 0 radical (unpaired) electrons. The minimum absolute atomic E-state index is 0.0147. The van der Waals surface area contributed by atoms with Gasteiger partial charge in [-0.25, -0.2) is 0 Å². The van der Waals surface area contributed by atoms with Gasteiger partial charge in [0.25, 0.3) is 0 Å². The second kappa shape index (κ2) is 25.9. The summed E-state index contributed by atoms with van der Waals surface area (Å²) in [5.74, 6) is 0.262. The number of nitrogens with one attached hydrogen (secondary N) is 2. The van der Waals surface area contributed by atoms with Crippen LogP contribution in [0.2, 0.25) is 0 Å². The number of aliphatic hydroxyl groups excluding tert-OH is 3. The Labute approximate surface area is 348 Å². The van der Waals surface area contributed by atoms with Crippen LogP contribution in [-0.4, -0.2) is 181 Å². The minimum atomic E-state index is -0.935. The van der Waals surface area contributed by atoms with E-state index in [0.29, 0.717) is 48.8 Å². The summed E-state index contributed by atoms with van der Waals surface area (Å²) in [6.07, 6.45) is 0. The lowest BCUT2D eigenvalue weighted by atomic mass is 9.93. The zero-order chi connectivity index (χ0) is 44.0. The zero-order valence-corrected chi connectivity index (χ0v) is 35.8. The lowest BCUT2D eigenvalue weighted by molar-refractivity contribution is -0.172. The highest BCUT2D eigenvalue weighted by molar-refractivity contribution is 6.03. The normalized spacial score (nSPS) is 11.6. The van der Waals surface area contributed by atoms with Crippen LogP contribution in [0.5, 0.6) is 11.5 Å². The van der Waals surface area contributed by atoms with Crippen LogP contribution in [0.15, 0.2) is 48.5 Å². The number of aliphatic hydroxyl groups is 3. The maximum atomic E-state index is 13.3. The van der Waals surface area contributed by atoms with E-state index >= 15 is 0 Å². The van der Waals surface area contributed by atoms with Crippen LogP contribution in [0.25, 0.3) is 0 Å². The summed E-state index contributed by atoms with van der Waals surface area (Å²) in [4.78, 5) is 74.9. The Balaban J connectivity index is 1.92. The van der Waals surface area contributed by atoms with E-state index in [4.69, 9.17) is 24.5 Å². The SMILES string of the molecule is CC(=O)N(CCNC(C)(C)C(=O)c1ccc(OCCO)cc1)CCN(CCN(CCN(CCNC(C)(C)C(=O)c1ccc(OCCO)cc1)C(C)=O)C(C)=O)OCCO. The Morgan fingerprint density at radius 2 is 0.831 bits per heavy atom. The van der Waals surface area contributed by atoms with Gasteiger partial charge in [0, 0.05) is 97.3 Å². The van der Waals surface area contributed by atoms with Gasteiger partial charge in [0.2, 0.25) is 17.7 Å². The molecule has 2 rings (SSSR count). The Morgan fingerprint density at radius 1 is 0.508 bits per heavy atom. The molecule has 2 aromatic rings. The maximum Gasteiger partial charge on any atom is 0.219 e. The Morgan fingerprint density at radius 3 is 1.15 bits per heavy atom. The number of ketones is 2. The van der Waals surface area contributed by atoms with Crippen LogP contribution in [-0.2, 0) is 19.2 Å². The molecule has 0 aliphatic carbocycles. The molecule has 0 saturated carbocycles. The van der Waals surface area contributed by atoms with Crippen molar-refractivity contribution < 1.29 is 53.6 Å². The predicted octanol–water partition coefficient (Wildman–Crippen LogP) is 1.00. The minimum Gasteiger partial charge on any atom is -0.491 e. The molecule has 0 atom stereocenters. The largest absolute Gasteiger partial charge is 0.491 e. The number of ether oxygens (including phenoxy) is 2. The first-order chi connectivity index (χ1) is 27.9. The molecular weight excluding hydrogens is 764 g/mol. The van der Waals surface area contributed by atoms with Crippen molar-refractivity contribution in [3.05, 3.63) is 59.7 Å². The van der Waals surface area contributed by atoms with Gasteiger partial charge in [0.15, 0.2) is 11.6 Å². The number of hydrogen-bond acceptors (Lipinski definition) is 14. The highest BCUT2D eigenvalue weighted by atomic mass is 16.7. The molecule has 0 aliphatic rings. The molecule has 0 spiro atoms. The fraction of sp³-hybridized carbons (Fsp3) is 0.595. The van der Waals surface area contributed by atoms with Crippen molar-refractivity contribution in [3.8, 4) is 11.5 Å². The molecule has 3 amide bonds. The standard InChI is InChI=1S/C42H66N6O11/c1-32(52)45(18-16-43-41(4,5)39(55)35-8-12-37(13-9-35)57-29-26-49)20-21-47(34(3)54)23-25-48(59-31-28-51)24-22-46(33(2)53)19-17-44-42(6,7)40(56)36-10-14-38(15-11-36)58-30-27-50/h8-15,43-44,49-51H,16-31H2,1-7H3. The number of amides is 3. The predicted molar refractivity (Wildman–Crippen MR) is 222 cm³/mol. The van der Waals surface area contributed by atoms with E-state index in [1.165, 1.54) is 20.8 Å². The van der Waals surface area contributed by atoms with Crippen molar-refractivity contribution in [2.24, 2.45) is 0 Å². The molecule has 2 aromatic carbocycles. The van der Waals surface area contributed by atoms with E-state index in [1.807, 2.05) is 0 Å². The van der Waals surface area contributed by atoms with E-state index in [2.05, 4.69) is 10.6 Å². The van der Waals surface area contributed by atoms with Crippen LogP contribution in [0, 0.1) is 0 Å². The molecule has 5 N–H and O–H groups in total. The number of Topliss-reactive ketones (excluding diaryl/α,β-unsaturated/α-hetero) is 2. The fourth-order valence-electron chi connectivity index (χ4n) is 6.02. The number of carbonyl (C=O) groups is 5. The monoisotopic (exact) mass is 830 g/mol. The third kappa shape index (κ3) is 18.1. The topological polar surface area (TPSA) is 211 Å². The Hall–Kier alpha value is -4.49. The number of carbonyl (C=O) groups excluding carboxylic acids is 5. The summed E-state index contributed by atoms with van der Waals surface area (Å²) >= 11 is 0. The molecular formula is C42H66N6O11. The first kappa shape index (κ1) is 50.7. The number of benzene rings is 2. The highest BCUT2D eigenvalue weighted by Crippen LogP contribution is 2.19. The average Bonchev–Trinajstić information content (AvgIpc) is 3.20. The van der Waals surface area contributed by atoms with E-state index in [1.54, 1.807) is 96.0 Å². The Kier molecular flexibility index (Phi) is 22.2. The quantitative estimate of drug-likeness (QED) is 0.0550. The molecule has 59 heavy (non-hydrogen) atoms. The number of rotatable bonds is 30. The molecule has 17 heteroatoms. The van der Waals surface area contributed by atoms with Crippen molar-refractivity contribution >= 4 is 29.3 Å². The molecule has 0 fully saturated rings. The van der Waals surface area contributed by atoms with Crippen LogP contribution in [0.1, 0.15) is 69.2 Å². The number of nitrogens with zero attached hydrogens (tertiary/aromatic N) is 4. The summed E-state index contributed by atoms with van der Waals surface area (Å²) in [6.45, 7) is 14.1. The summed E-state index contributed by atoms with van der Waals surface area (Å²) in [5.41, 5.74) is -0.891. The van der Waals surface area contributed by atoms with Gasteiger partial charge in [0.05, 0.1) is 37.5 Å². The van der Waals surface area contributed by atoms with Gasteiger partial charge in [-0.3, -0.25) is 28.8 Å². The summed E-state index contributed by atoms with van der Waals surface area (Å²) in [5, 5.41) is 35.4. The van der Waals surface area contributed by atoms with Gasteiger partial charge in [-0.2, -0.15) is 5.06 Å². The van der Waals surface area contributed by atoms with Crippen molar-refractivity contribution in [2.45, 2.75) is 59.5 Å². The summed E-state index contributed by atoms with van der Waals surface area (Å²) < 4.78 is 10.7. The molecule has 330 valence electrons. The average molecular weight is 831 g/mol. The first-order valence-electron chi connectivity index (χ1n) is 20.0. The van der Waals surface area contributed by atoms with Crippen LogP contribution in [0.3, 0.4) is 0 Å².